The summed E-state index contributed by atoms with van der Waals surface area (Å²) in [7, 11) is 0. The fraction of sp³-hybridized carbons (Fsp3) is 0. The molecule has 0 radical (unpaired) electrons. The van der Waals surface area contributed by atoms with Gasteiger partial charge in [0.15, 0.2) is 0 Å². The van der Waals surface area contributed by atoms with Crippen LogP contribution in [0.5, 0.6) is 6.01 Å². The number of H-pyrrole nitrogens is 1. The minimum absolute atomic E-state index is 0.0631. The van der Waals surface area contributed by atoms with E-state index in [0.29, 0.717) is 11.0 Å². The van der Waals surface area contributed by atoms with Gasteiger partial charge >= 0.3 is 6.01 Å². The second-order valence-electron chi connectivity index (χ2n) is 3.28. The predicted octanol–water partition coefficient (Wildman–Crippen LogP) is 0.357. The van der Waals surface area contributed by atoms with Crippen molar-refractivity contribution in [1.29, 1.82) is 0 Å². The van der Waals surface area contributed by atoms with Crippen LogP contribution in [0.2, 0.25) is 0 Å². The van der Waals surface area contributed by atoms with Gasteiger partial charge in [-0.05, 0) is 17.3 Å². The lowest BCUT2D eigenvalue weighted by Gasteiger charge is -2.01. The molecule has 0 spiro atoms. The highest BCUT2D eigenvalue weighted by Crippen LogP contribution is 2.10. The zero-order valence-electron chi connectivity index (χ0n) is 8.57. The second-order valence-corrected chi connectivity index (χ2v) is 3.28. The summed E-state index contributed by atoms with van der Waals surface area (Å²) in [6, 6.07) is 8.66. The molecule has 0 fully saturated rings. The summed E-state index contributed by atoms with van der Waals surface area (Å²) in [6.45, 7) is 0. The van der Waals surface area contributed by atoms with Crippen molar-refractivity contribution in [1.82, 2.24) is 25.1 Å². The van der Waals surface area contributed by atoms with Crippen LogP contribution in [-0.4, -0.2) is 25.1 Å². The molecule has 0 aliphatic rings. The van der Waals surface area contributed by atoms with Gasteiger partial charge in [-0.2, -0.15) is 0 Å². The van der Waals surface area contributed by atoms with E-state index in [1.807, 2.05) is 18.2 Å². The van der Waals surface area contributed by atoms with Gasteiger partial charge in [0.05, 0.1) is 0 Å². The smallest absolute Gasteiger partial charge is 0.316 e. The number of rotatable bonds is 2. The van der Waals surface area contributed by atoms with Crippen LogP contribution in [0.25, 0.3) is 11.0 Å². The average Bonchev–Trinajstić information content (AvgIpc) is 2.73. The number of aromatic nitrogens is 5. The van der Waals surface area contributed by atoms with Crippen molar-refractivity contribution < 1.29 is 4.84 Å². The van der Waals surface area contributed by atoms with E-state index in [1.54, 1.807) is 6.07 Å². The molecule has 1 N–H and O–H groups in total. The first-order chi connectivity index (χ1) is 8.33. The van der Waals surface area contributed by atoms with Crippen LogP contribution < -0.4 is 10.4 Å². The predicted molar refractivity (Wildman–Crippen MR) is 58.4 cm³/mol. The Morgan fingerprint density at radius 3 is 3.00 bits per heavy atom. The van der Waals surface area contributed by atoms with Crippen LogP contribution >= 0.6 is 0 Å². The Hall–Kier alpha value is -2.70. The zero-order valence-corrected chi connectivity index (χ0v) is 8.57. The summed E-state index contributed by atoms with van der Waals surface area (Å²) in [4.78, 5) is 23.8. The molecule has 0 bridgehead atoms. The minimum atomic E-state index is -0.292. The quantitative estimate of drug-likeness (QED) is 0.685. The Kier molecular flexibility index (Phi) is 2.08. The van der Waals surface area contributed by atoms with Gasteiger partial charge in [-0.25, -0.2) is 4.98 Å². The van der Waals surface area contributed by atoms with Crippen molar-refractivity contribution in [2.24, 2.45) is 0 Å². The van der Waals surface area contributed by atoms with E-state index >= 15 is 0 Å². The number of benzene rings is 1. The lowest BCUT2D eigenvalue weighted by molar-refractivity contribution is 0.166. The molecule has 2 aromatic heterocycles. The molecule has 7 heteroatoms. The van der Waals surface area contributed by atoms with Gasteiger partial charge in [-0.1, -0.05) is 17.0 Å². The monoisotopic (exact) mass is 229 g/mol. The summed E-state index contributed by atoms with van der Waals surface area (Å²) in [6.07, 6.45) is 1.35. The fourth-order valence-corrected chi connectivity index (χ4v) is 1.40. The highest BCUT2D eigenvalue weighted by Gasteiger charge is 2.05. The van der Waals surface area contributed by atoms with Gasteiger partial charge in [-0.3, -0.25) is 9.78 Å². The van der Waals surface area contributed by atoms with E-state index in [9.17, 15) is 4.79 Å². The first kappa shape index (κ1) is 9.52. The van der Waals surface area contributed by atoms with Crippen molar-refractivity contribution in [3.05, 3.63) is 46.9 Å². The van der Waals surface area contributed by atoms with E-state index in [4.69, 9.17) is 4.84 Å². The Morgan fingerprint density at radius 1 is 1.24 bits per heavy atom. The maximum Gasteiger partial charge on any atom is 0.326 e. The number of para-hydroxylation sites is 1. The summed E-state index contributed by atoms with van der Waals surface area (Å²) in [5.74, 6) is 0. The standard InChI is InChI=1S/C10H7N5O2/c16-9-5-6-11-10(12-9)17-15-8-4-2-1-3-7(8)13-14-15/h1-6H,(H,11,12,16). The van der Waals surface area contributed by atoms with Crippen LogP contribution in [-0.2, 0) is 0 Å². The molecule has 0 unspecified atom stereocenters. The van der Waals surface area contributed by atoms with Gasteiger partial charge in [0, 0.05) is 12.3 Å². The molecule has 0 saturated heterocycles. The molecule has 0 aliphatic heterocycles. The van der Waals surface area contributed by atoms with E-state index in [2.05, 4.69) is 20.3 Å². The fourth-order valence-electron chi connectivity index (χ4n) is 1.40. The number of hydrogen-bond donors (Lipinski definition) is 1. The van der Waals surface area contributed by atoms with Gasteiger partial charge in [0.1, 0.15) is 11.0 Å². The number of nitrogens with one attached hydrogen (secondary N) is 1. The molecule has 0 aliphatic carbocycles. The average molecular weight is 229 g/mol. The van der Waals surface area contributed by atoms with Crippen LogP contribution in [0, 0.1) is 0 Å². The maximum atomic E-state index is 11.1. The van der Waals surface area contributed by atoms with Crippen LogP contribution in [0.1, 0.15) is 0 Å². The third-order valence-electron chi connectivity index (χ3n) is 2.14. The lowest BCUT2D eigenvalue weighted by Crippen LogP contribution is -2.13. The first-order valence-corrected chi connectivity index (χ1v) is 4.87. The molecule has 7 nitrogen and oxygen atoms in total. The molecule has 84 valence electrons. The van der Waals surface area contributed by atoms with Gasteiger partial charge in [0.25, 0.3) is 5.56 Å². The van der Waals surface area contributed by atoms with E-state index < -0.39 is 0 Å². The van der Waals surface area contributed by atoms with Crippen LogP contribution in [0.3, 0.4) is 0 Å². The van der Waals surface area contributed by atoms with Gasteiger partial charge < -0.3 is 4.84 Å². The summed E-state index contributed by atoms with van der Waals surface area (Å²) in [5, 5.41) is 7.71. The summed E-state index contributed by atoms with van der Waals surface area (Å²) >= 11 is 0. The molecular formula is C10H7N5O2. The van der Waals surface area contributed by atoms with Crippen molar-refractivity contribution >= 4 is 11.0 Å². The number of aromatic amines is 1. The third kappa shape index (κ3) is 1.73. The third-order valence-corrected chi connectivity index (χ3v) is 2.14. The van der Waals surface area contributed by atoms with Crippen molar-refractivity contribution in [3.63, 3.8) is 0 Å². The Bertz CT molecular complexity index is 718. The highest BCUT2D eigenvalue weighted by molar-refractivity contribution is 5.73. The molecule has 17 heavy (non-hydrogen) atoms. The van der Waals surface area contributed by atoms with E-state index in [1.165, 1.54) is 17.1 Å². The summed E-state index contributed by atoms with van der Waals surface area (Å²) < 4.78 is 0. The van der Waals surface area contributed by atoms with Gasteiger partial charge in [0.2, 0.25) is 0 Å². The SMILES string of the molecule is O=c1ccnc(On2nnc3ccccc32)[nH]1. The second kappa shape index (κ2) is 3.71. The molecule has 3 aromatic rings. The molecule has 0 saturated carbocycles. The highest BCUT2D eigenvalue weighted by atomic mass is 16.7. The molecule has 3 rings (SSSR count). The zero-order chi connectivity index (χ0) is 11.7. The van der Waals surface area contributed by atoms with Crippen LogP contribution in [0.4, 0.5) is 0 Å². The molecule has 0 amide bonds. The first-order valence-electron chi connectivity index (χ1n) is 4.87. The number of nitrogens with zero attached hydrogens (tertiary/aromatic N) is 4. The molecule has 1 aromatic carbocycles. The topological polar surface area (TPSA) is 85.7 Å². The lowest BCUT2D eigenvalue weighted by atomic mass is 10.3. The number of fused-ring (bicyclic) bond motifs is 1. The maximum absolute atomic E-state index is 11.1. The Balaban J connectivity index is 2.03. The Labute approximate surface area is 94.6 Å². The molecule has 0 atom stereocenters. The van der Waals surface area contributed by atoms with Gasteiger partial charge in [-0.15, -0.1) is 5.10 Å². The number of hydrogen-bond acceptors (Lipinski definition) is 5. The normalized spacial score (nSPS) is 10.6. The van der Waals surface area contributed by atoms with Crippen molar-refractivity contribution in [2.45, 2.75) is 0 Å². The van der Waals surface area contributed by atoms with E-state index in [0.717, 1.165) is 0 Å². The minimum Gasteiger partial charge on any atom is -0.316 e. The molecule has 2 heterocycles. The van der Waals surface area contributed by atoms with Crippen molar-refractivity contribution in [2.75, 3.05) is 0 Å². The van der Waals surface area contributed by atoms with Crippen LogP contribution in [0.15, 0.2) is 41.3 Å². The Morgan fingerprint density at radius 2 is 2.12 bits per heavy atom. The van der Waals surface area contributed by atoms with E-state index in [-0.39, 0.29) is 11.6 Å². The summed E-state index contributed by atoms with van der Waals surface area (Å²) in [5.41, 5.74) is 1.10. The molecular weight excluding hydrogens is 222 g/mol. The largest absolute Gasteiger partial charge is 0.326 e. The van der Waals surface area contributed by atoms with Crippen molar-refractivity contribution in [3.8, 4) is 6.01 Å².